The highest BCUT2D eigenvalue weighted by Crippen LogP contribution is 2.17. The number of hydrogen-bond donors (Lipinski definition) is 1. The minimum atomic E-state index is 0.132. The molecule has 0 spiro atoms. The predicted octanol–water partition coefficient (Wildman–Crippen LogP) is 1.77. The molecule has 1 atom stereocenters. The molecule has 0 unspecified atom stereocenters. The van der Waals surface area contributed by atoms with Crippen molar-refractivity contribution in [2.75, 3.05) is 52.9 Å². The molecular weight excluding hydrogens is 446 g/mol. The van der Waals surface area contributed by atoms with Crippen LogP contribution in [0.25, 0.3) is 0 Å². The van der Waals surface area contributed by atoms with Crippen molar-refractivity contribution < 1.29 is 18.8 Å². The molecule has 0 bridgehead atoms. The van der Waals surface area contributed by atoms with E-state index in [4.69, 9.17) is 9.26 Å². The molecule has 0 saturated carbocycles. The van der Waals surface area contributed by atoms with Gasteiger partial charge in [0.2, 0.25) is 11.8 Å². The van der Waals surface area contributed by atoms with Gasteiger partial charge in [-0.2, -0.15) is 0 Å². The number of carbonyl (C=O) groups is 2. The van der Waals surface area contributed by atoms with E-state index < -0.39 is 0 Å². The molecule has 2 amide bonds. The van der Waals surface area contributed by atoms with E-state index in [0.29, 0.717) is 19.4 Å². The first-order valence-corrected chi connectivity index (χ1v) is 12.5. The third kappa shape index (κ3) is 7.05. The van der Waals surface area contributed by atoms with Gasteiger partial charge in [0, 0.05) is 63.8 Å². The Morgan fingerprint density at radius 1 is 1.26 bits per heavy atom. The maximum atomic E-state index is 12.7. The fraction of sp³-hybridized carbons (Fsp3) is 0.577. The molecule has 0 aliphatic carbocycles. The van der Waals surface area contributed by atoms with Crippen molar-refractivity contribution in [2.45, 2.75) is 45.7 Å². The number of hydrogen-bond acceptors (Lipinski definition) is 7. The maximum absolute atomic E-state index is 12.7. The second kappa shape index (κ2) is 11.7. The Bertz CT molecular complexity index is 995. The Labute approximate surface area is 207 Å². The number of benzene rings is 1. The van der Waals surface area contributed by atoms with Crippen LogP contribution >= 0.6 is 0 Å². The second-order valence-electron chi connectivity index (χ2n) is 9.70. The SMILES string of the molecule is Cc1noc(C)c1CC(=O)N1CCN(CCOc2cccc(CN(C)C[C@H]3CCC(=O)N3)c2)CC1. The standard InChI is InChI=1S/C26H37N5O4/c1-19-24(20(2)35-28-19)16-26(33)31-11-9-30(10-12-31)13-14-34-23-6-4-5-21(15-23)17-29(3)18-22-7-8-25(32)27-22/h4-6,15,22H,7-14,16-18H2,1-3H3,(H,27,32)/t22-/m1/s1. The highest BCUT2D eigenvalue weighted by molar-refractivity contribution is 5.79. The fourth-order valence-corrected chi connectivity index (χ4v) is 4.83. The van der Waals surface area contributed by atoms with Gasteiger partial charge in [0.25, 0.3) is 0 Å². The topological polar surface area (TPSA) is 91.2 Å². The van der Waals surface area contributed by atoms with Crippen LogP contribution < -0.4 is 10.1 Å². The van der Waals surface area contributed by atoms with Crippen LogP contribution in [0.5, 0.6) is 5.75 Å². The maximum Gasteiger partial charge on any atom is 0.227 e. The average Bonchev–Trinajstić information content (AvgIpc) is 3.39. The first kappa shape index (κ1) is 25.2. The zero-order valence-corrected chi connectivity index (χ0v) is 21.1. The molecule has 1 N–H and O–H groups in total. The van der Waals surface area contributed by atoms with Gasteiger partial charge in [-0.25, -0.2) is 0 Å². The van der Waals surface area contributed by atoms with Crippen molar-refractivity contribution >= 4 is 11.8 Å². The molecule has 2 aliphatic heterocycles. The summed E-state index contributed by atoms with van der Waals surface area (Å²) >= 11 is 0. The van der Waals surface area contributed by atoms with Gasteiger partial charge in [0.15, 0.2) is 0 Å². The average molecular weight is 484 g/mol. The van der Waals surface area contributed by atoms with Crippen LogP contribution in [0.1, 0.15) is 35.4 Å². The molecular formula is C26H37N5O4. The molecule has 1 aromatic carbocycles. The summed E-state index contributed by atoms with van der Waals surface area (Å²) < 4.78 is 11.2. The van der Waals surface area contributed by atoms with E-state index >= 15 is 0 Å². The monoisotopic (exact) mass is 483 g/mol. The Hall–Kier alpha value is -2.91. The van der Waals surface area contributed by atoms with E-state index in [1.54, 1.807) is 0 Å². The number of rotatable bonds is 10. The number of ether oxygens (including phenoxy) is 1. The van der Waals surface area contributed by atoms with E-state index in [1.165, 1.54) is 5.56 Å². The Balaban J connectivity index is 1.15. The van der Waals surface area contributed by atoms with Crippen LogP contribution in [0.3, 0.4) is 0 Å². The number of aryl methyl sites for hydroxylation is 2. The van der Waals surface area contributed by atoms with Gasteiger partial charge in [-0.05, 0) is 45.0 Å². The van der Waals surface area contributed by atoms with Crippen molar-refractivity contribution in [3.05, 3.63) is 46.8 Å². The summed E-state index contributed by atoms with van der Waals surface area (Å²) in [5.41, 5.74) is 2.90. The number of amides is 2. The van der Waals surface area contributed by atoms with Gasteiger partial charge in [0.1, 0.15) is 18.1 Å². The molecule has 4 rings (SSSR count). The minimum Gasteiger partial charge on any atom is -0.492 e. The van der Waals surface area contributed by atoms with E-state index in [2.05, 4.69) is 39.5 Å². The molecule has 2 aromatic rings. The first-order chi connectivity index (χ1) is 16.9. The number of piperazine rings is 1. The summed E-state index contributed by atoms with van der Waals surface area (Å²) in [4.78, 5) is 30.6. The molecule has 1 aromatic heterocycles. The van der Waals surface area contributed by atoms with Gasteiger partial charge in [0.05, 0.1) is 12.1 Å². The van der Waals surface area contributed by atoms with Crippen LogP contribution in [-0.2, 0) is 22.6 Å². The summed E-state index contributed by atoms with van der Waals surface area (Å²) in [5, 5.41) is 6.97. The van der Waals surface area contributed by atoms with Crippen molar-refractivity contribution in [3.63, 3.8) is 0 Å². The lowest BCUT2D eigenvalue weighted by Crippen LogP contribution is -2.50. The quantitative estimate of drug-likeness (QED) is 0.551. The van der Waals surface area contributed by atoms with Crippen LogP contribution in [0.15, 0.2) is 28.8 Å². The van der Waals surface area contributed by atoms with E-state index in [9.17, 15) is 9.59 Å². The van der Waals surface area contributed by atoms with Crippen molar-refractivity contribution in [2.24, 2.45) is 0 Å². The largest absolute Gasteiger partial charge is 0.492 e. The number of nitrogens with one attached hydrogen (secondary N) is 1. The summed E-state index contributed by atoms with van der Waals surface area (Å²) in [6, 6.07) is 8.47. The predicted molar refractivity (Wildman–Crippen MR) is 132 cm³/mol. The summed E-state index contributed by atoms with van der Waals surface area (Å²) in [6.07, 6.45) is 1.90. The highest BCUT2D eigenvalue weighted by atomic mass is 16.5. The lowest BCUT2D eigenvalue weighted by molar-refractivity contribution is -0.132. The molecule has 0 radical (unpaired) electrons. The molecule has 2 saturated heterocycles. The number of likely N-dealkylation sites (N-methyl/N-ethyl adjacent to an activating group) is 1. The van der Waals surface area contributed by atoms with Crippen molar-refractivity contribution in [3.8, 4) is 5.75 Å². The van der Waals surface area contributed by atoms with Gasteiger partial charge < -0.3 is 24.4 Å². The fourth-order valence-electron chi connectivity index (χ4n) is 4.83. The molecule has 2 fully saturated rings. The van der Waals surface area contributed by atoms with Gasteiger partial charge in [-0.15, -0.1) is 0 Å². The van der Waals surface area contributed by atoms with Crippen LogP contribution in [0.4, 0.5) is 0 Å². The molecule has 9 nitrogen and oxygen atoms in total. The Morgan fingerprint density at radius 3 is 2.74 bits per heavy atom. The lowest BCUT2D eigenvalue weighted by atomic mass is 10.1. The first-order valence-electron chi connectivity index (χ1n) is 12.5. The lowest BCUT2D eigenvalue weighted by Gasteiger charge is -2.34. The van der Waals surface area contributed by atoms with E-state index in [1.807, 2.05) is 30.9 Å². The van der Waals surface area contributed by atoms with Crippen LogP contribution in [0, 0.1) is 13.8 Å². The molecule has 3 heterocycles. The Morgan fingerprint density at radius 2 is 2.06 bits per heavy atom. The summed E-state index contributed by atoms with van der Waals surface area (Å²) in [5.74, 6) is 1.89. The summed E-state index contributed by atoms with van der Waals surface area (Å²) in [6.45, 7) is 9.98. The van der Waals surface area contributed by atoms with E-state index in [-0.39, 0.29) is 17.9 Å². The zero-order chi connectivity index (χ0) is 24.8. The Kier molecular flexibility index (Phi) is 8.41. The van der Waals surface area contributed by atoms with Crippen LogP contribution in [0.2, 0.25) is 0 Å². The smallest absolute Gasteiger partial charge is 0.227 e. The normalized spacial score (nSPS) is 18.8. The number of aromatic nitrogens is 1. The molecule has 190 valence electrons. The summed E-state index contributed by atoms with van der Waals surface area (Å²) in [7, 11) is 2.08. The van der Waals surface area contributed by atoms with E-state index in [0.717, 1.165) is 75.0 Å². The van der Waals surface area contributed by atoms with Crippen molar-refractivity contribution in [1.29, 1.82) is 0 Å². The number of nitrogens with zero attached hydrogens (tertiary/aromatic N) is 4. The van der Waals surface area contributed by atoms with Gasteiger partial charge in [-0.3, -0.25) is 14.5 Å². The third-order valence-corrected chi connectivity index (χ3v) is 6.88. The van der Waals surface area contributed by atoms with Crippen LogP contribution in [-0.4, -0.2) is 90.6 Å². The number of carbonyl (C=O) groups excluding carboxylic acids is 2. The third-order valence-electron chi connectivity index (χ3n) is 6.88. The molecule has 9 heteroatoms. The highest BCUT2D eigenvalue weighted by Gasteiger charge is 2.24. The molecule has 2 aliphatic rings. The van der Waals surface area contributed by atoms with Gasteiger partial charge >= 0.3 is 0 Å². The minimum absolute atomic E-state index is 0.132. The molecule has 35 heavy (non-hydrogen) atoms. The zero-order valence-electron chi connectivity index (χ0n) is 21.1. The second-order valence-corrected chi connectivity index (χ2v) is 9.70. The van der Waals surface area contributed by atoms with Gasteiger partial charge in [-0.1, -0.05) is 17.3 Å². The van der Waals surface area contributed by atoms with Crippen molar-refractivity contribution in [1.82, 2.24) is 25.2 Å².